The van der Waals surface area contributed by atoms with Crippen molar-refractivity contribution < 1.29 is 9.53 Å². The van der Waals surface area contributed by atoms with Crippen molar-refractivity contribution in [2.45, 2.75) is 63.4 Å². The molecule has 2 aliphatic rings. The fourth-order valence-electron chi connectivity index (χ4n) is 3.56. The summed E-state index contributed by atoms with van der Waals surface area (Å²) in [5.74, 6) is 0.484. The number of aromatic nitrogens is 5. The molecule has 2 fully saturated rings. The summed E-state index contributed by atoms with van der Waals surface area (Å²) in [4.78, 5) is 12.7. The third kappa shape index (κ3) is 3.50. The summed E-state index contributed by atoms with van der Waals surface area (Å²) in [6.45, 7) is 5.59. The molecule has 0 spiro atoms. The van der Waals surface area contributed by atoms with Gasteiger partial charge in [-0.25, -0.2) is 4.68 Å². The van der Waals surface area contributed by atoms with Crippen LogP contribution in [0, 0.1) is 13.8 Å². The summed E-state index contributed by atoms with van der Waals surface area (Å²) in [6.07, 6.45) is 4.74. The number of carbonyl (C=O) groups is 1. The molecule has 2 aromatic heterocycles. The Balaban J connectivity index is 1.41. The predicted molar refractivity (Wildman–Crippen MR) is 94.0 cm³/mol. The topological polar surface area (TPSA) is 74.8 Å². The quantitative estimate of drug-likeness (QED) is 0.557. The number of aryl methyl sites for hydroxylation is 1. The Bertz CT molecular complexity index is 774. The average molecular weight is 361 g/mol. The van der Waals surface area contributed by atoms with Crippen molar-refractivity contribution in [1.29, 1.82) is 0 Å². The summed E-state index contributed by atoms with van der Waals surface area (Å²) in [7, 11) is 0. The molecule has 25 heavy (non-hydrogen) atoms. The number of Topliss-reactive ketones (excluding diaryl/α,β-unsaturated/α-hetero) is 1. The normalized spacial score (nSPS) is 20.3. The van der Waals surface area contributed by atoms with Gasteiger partial charge in [-0.2, -0.15) is 0 Å². The van der Waals surface area contributed by atoms with E-state index in [0.717, 1.165) is 30.7 Å². The van der Waals surface area contributed by atoms with Crippen molar-refractivity contribution >= 4 is 17.5 Å². The number of rotatable bonds is 7. The molecular weight excluding hydrogens is 338 g/mol. The molecule has 0 bridgehead atoms. The number of hydrogen-bond acceptors (Lipinski definition) is 6. The lowest BCUT2D eigenvalue weighted by atomic mass is 10.2. The van der Waals surface area contributed by atoms with Gasteiger partial charge in [-0.1, -0.05) is 11.8 Å². The molecule has 7 nitrogen and oxygen atoms in total. The molecule has 3 heterocycles. The van der Waals surface area contributed by atoms with E-state index in [1.807, 2.05) is 13.0 Å². The molecule has 0 radical (unpaired) electrons. The lowest BCUT2D eigenvalue weighted by molar-refractivity contribution is 0.0912. The summed E-state index contributed by atoms with van der Waals surface area (Å²) < 4.78 is 9.70. The lowest BCUT2D eigenvalue weighted by Gasteiger charge is -2.10. The molecule has 0 N–H and O–H groups in total. The first-order chi connectivity index (χ1) is 12.1. The smallest absolute Gasteiger partial charge is 0.209 e. The third-order valence-corrected chi connectivity index (χ3v) is 5.89. The van der Waals surface area contributed by atoms with E-state index in [0.29, 0.717) is 23.5 Å². The summed E-state index contributed by atoms with van der Waals surface area (Å²) in [6, 6.07) is 2.61. The van der Waals surface area contributed by atoms with Gasteiger partial charge in [0, 0.05) is 29.6 Å². The summed E-state index contributed by atoms with van der Waals surface area (Å²) in [5.41, 5.74) is 3.09. The second kappa shape index (κ2) is 6.92. The number of ketones is 1. The maximum absolute atomic E-state index is 12.7. The first-order valence-electron chi connectivity index (χ1n) is 8.85. The van der Waals surface area contributed by atoms with Gasteiger partial charge < -0.3 is 9.30 Å². The zero-order valence-corrected chi connectivity index (χ0v) is 15.5. The van der Waals surface area contributed by atoms with E-state index in [-0.39, 0.29) is 11.9 Å². The summed E-state index contributed by atoms with van der Waals surface area (Å²) in [5, 5.41) is 12.5. The minimum Gasteiger partial charge on any atom is -0.376 e. The largest absolute Gasteiger partial charge is 0.376 e. The van der Waals surface area contributed by atoms with Crippen molar-refractivity contribution in [2.75, 3.05) is 12.4 Å². The Hall–Kier alpha value is -1.67. The molecule has 1 aliphatic carbocycles. The Labute approximate surface area is 151 Å². The van der Waals surface area contributed by atoms with Crippen LogP contribution in [-0.4, -0.2) is 49.0 Å². The number of ether oxygens (including phenoxy) is 1. The average Bonchev–Trinajstić information content (AvgIpc) is 3.00. The molecule has 0 unspecified atom stereocenters. The molecule has 0 aromatic carbocycles. The molecule has 1 saturated heterocycles. The fraction of sp³-hybridized carbons (Fsp3) is 0.647. The van der Waals surface area contributed by atoms with Crippen LogP contribution >= 0.6 is 11.8 Å². The van der Waals surface area contributed by atoms with E-state index in [1.54, 1.807) is 4.68 Å². The Morgan fingerprint density at radius 1 is 1.36 bits per heavy atom. The Kier molecular flexibility index (Phi) is 4.64. The maximum Gasteiger partial charge on any atom is 0.209 e. The van der Waals surface area contributed by atoms with E-state index >= 15 is 0 Å². The van der Waals surface area contributed by atoms with E-state index in [2.05, 4.69) is 27.0 Å². The van der Waals surface area contributed by atoms with Crippen molar-refractivity contribution in [2.24, 2.45) is 0 Å². The van der Waals surface area contributed by atoms with Gasteiger partial charge in [0.15, 0.2) is 5.78 Å². The number of hydrogen-bond donors (Lipinski definition) is 0. The second-order valence-electron chi connectivity index (χ2n) is 6.88. The van der Waals surface area contributed by atoms with Gasteiger partial charge in [0.1, 0.15) is 0 Å². The van der Waals surface area contributed by atoms with Crippen LogP contribution in [0.3, 0.4) is 0 Å². The molecule has 134 valence electrons. The molecule has 0 amide bonds. The van der Waals surface area contributed by atoms with Gasteiger partial charge in [0.25, 0.3) is 0 Å². The van der Waals surface area contributed by atoms with Crippen LogP contribution in [0.15, 0.2) is 11.2 Å². The van der Waals surface area contributed by atoms with Gasteiger partial charge in [-0.3, -0.25) is 4.79 Å². The standard InChI is InChI=1S/C17H23N5O2S/c1-11-8-15(12(2)22(11)13-5-6-13)16(23)10-25-17-18-19-20-21(17)9-14-4-3-7-24-14/h8,13-14H,3-7,9-10H2,1-2H3/t14-/m1/s1. The molecule has 4 rings (SSSR count). The maximum atomic E-state index is 12.7. The minimum absolute atomic E-state index is 0.136. The second-order valence-corrected chi connectivity index (χ2v) is 7.82. The van der Waals surface area contributed by atoms with E-state index < -0.39 is 0 Å². The number of tetrazole rings is 1. The molecule has 2 aromatic rings. The minimum atomic E-state index is 0.136. The molecule has 1 atom stereocenters. The highest BCUT2D eigenvalue weighted by Gasteiger charge is 2.28. The molecule has 8 heteroatoms. The highest BCUT2D eigenvalue weighted by molar-refractivity contribution is 7.99. The Morgan fingerprint density at radius 3 is 2.92 bits per heavy atom. The van der Waals surface area contributed by atoms with Crippen molar-refractivity contribution in [3.63, 3.8) is 0 Å². The van der Waals surface area contributed by atoms with Gasteiger partial charge in [-0.15, -0.1) is 5.10 Å². The zero-order chi connectivity index (χ0) is 17.4. The predicted octanol–water partition coefficient (Wildman–Crippen LogP) is 2.58. The number of carbonyl (C=O) groups excluding carboxylic acids is 1. The van der Waals surface area contributed by atoms with Crippen LogP contribution in [-0.2, 0) is 11.3 Å². The molecule has 1 saturated carbocycles. The fourth-order valence-corrected chi connectivity index (χ4v) is 4.33. The number of thioether (sulfide) groups is 1. The lowest BCUT2D eigenvalue weighted by Crippen LogP contribution is -2.17. The monoisotopic (exact) mass is 361 g/mol. The molecule has 1 aliphatic heterocycles. The highest BCUT2D eigenvalue weighted by atomic mass is 32.2. The van der Waals surface area contributed by atoms with Crippen molar-refractivity contribution in [3.05, 3.63) is 23.0 Å². The highest BCUT2D eigenvalue weighted by Crippen LogP contribution is 2.38. The van der Waals surface area contributed by atoms with E-state index in [1.165, 1.54) is 30.3 Å². The van der Waals surface area contributed by atoms with Gasteiger partial charge in [0.05, 0.1) is 18.4 Å². The van der Waals surface area contributed by atoms with Gasteiger partial charge in [-0.05, 0) is 56.0 Å². The summed E-state index contributed by atoms with van der Waals surface area (Å²) >= 11 is 1.40. The van der Waals surface area contributed by atoms with Crippen LogP contribution < -0.4 is 0 Å². The zero-order valence-electron chi connectivity index (χ0n) is 14.6. The van der Waals surface area contributed by atoms with Crippen LogP contribution in [0.2, 0.25) is 0 Å². The Morgan fingerprint density at radius 2 is 2.20 bits per heavy atom. The van der Waals surface area contributed by atoms with E-state index in [4.69, 9.17) is 4.74 Å². The van der Waals surface area contributed by atoms with Gasteiger partial charge in [0.2, 0.25) is 5.16 Å². The SMILES string of the molecule is Cc1cc(C(=O)CSc2nnnn2C[C@H]2CCCO2)c(C)n1C1CC1. The molecular formula is C17H23N5O2S. The van der Waals surface area contributed by atoms with Gasteiger partial charge >= 0.3 is 0 Å². The van der Waals surface area contributed by atoms with Crippen LogP contribution in [0.4, 0.5) is 0 Å². The third-order valence-electron chi connectivity index (χ3n) is 4.93. The van der Waals surface area contributed by atoms with E-state index in [9.17, 15) is 4.79 Å². The van der Waals surface area contributed by atoms with Crippen LogP contribution in [0.5, 0.6) is 0 Å². The van der Waals surface area contributed by atoms with Crippen molar-refractivity contribution in [3.8, 4) is 0 Å². The first kappa shape index (κ1) is 16.8. The van der Waals surface area contributed by atoms with Crippen LogP contribution in [0.1, 0.15) is 53.5 Å². The first-order valence-corrected chi connectivity index (χ1v) is 9.84. The van der Waals surface area contributed by atoms with Crippen LogP contribution in [0.25, 0.3) is 0 Å². The van der Waals surface area contributed by atoms with Crippen molar-refractivity contribution in [1.82, 2.24) is 24.8 Å². The number of nitrogens with zero attached hydrogens (tertiary/aromatic N) is 5.